The molecule has 0 saturated carbocycles. The third kappa shape index (κ3) is 28.1. The molecule has 8 aromatic carbocycles. The van der Waals surface area contributed by atoms with Crippen LogP contribution in [0.25, 0.3) is 10.4 Å². The van der Waals surface area contributed by atoms with Gasteiger partial charge in [0.2, 0.25) is 0 Å². The number of anilines is 1. The number of thioether (sulfide) groups is 2. The second kappa shape index (κ2) is 43.1. The summed E-state index contributed by atoms with van der Waals surface area (Å²) >= 11 is 0.373. The Labute approximate surface area is 589 Å². The van der Waals surface area contributed by atoms with Crippen LogP contribution < -0.4 is 53.2 Å². The second-order valence-electron chi connectivity index (χ2n) is 19.6. The number of hydrogen-bond acceptors (Lipinski definition) is 20. The Balaban J connectivity index is 0.000000588. The SMILES string of the molecule is CO.COc1cc(OC)cc(C(=O)CS(=O)(=O)c2ccc(CN(CCSc3ccccc3)Cc3ccc(N=[N+]=[N-])cc3)cc2)c1.COc1cc(OC)cc(C(=O)CS(=O)(=O)c2ccc(CN(CCSc3ccccc3)Cc3ccc(NS(=O)[O-])cc3)cc2)c1.O=S=O.[B].[H-].[Na+]. The first-order valence-corrected chi connectivity index (χ1v) is 34.8. The molecule has 0 aliphatic carbocycles. The summed E-state index contributed by atoms with van der Waals surface area (Å²) in [6.07, 6.45) is 0. The molecule has 0 aliphatic rings. The molecule has 0 aliphatic heterocycles. The van der Waals surface area contributed by atoms with Crippen LogP contribution in [0.1, 0.15) is 44.4 Å². The third-order valence-electron chi connectivity index (χ3n) is 13.3. The van der Waals surface area contributed by atoms with E-state index >= 15 is 0 Å². The van der Waals surface area contributed by atoms with Gasteiger partial charge in [-0.05, 0) is 113 Å². The largest absolute Gasteiger partial charge is 1.00 e. The second-order valence-corrected chi connectivity index (χ2v) is 26.7. The summed E-state index contributed by atoms with van der Waals surface area (Å²) in [5.41, 5.74) is 14.0. The van der Waals surface area contributed by atoms with Crippen LogP contribution in [0.3, 0.4) is 0 Å². The Kier molecular flexibility index (Phi) is 37.2. The first-order chi connectivity index (χ1) is 44.3. The van der Waals surface area contributed by atoms with Crippen LogP contribution in [0, 0.1) is 0 Å². The molecule has 1 unspecified atom stereocenters. The number of Topliss-reactive ketones (excluding diaryl/α,β-unsaturated/α-hetero) is 2. The van der Waals surface area contributed by atoms with Crippen molar-refractivity contribution in [2.45, 2.75) is 45.8 Å². The van der Waals surface area contributed by atoms with Crippen molar-refractivity contribution in [3.8, 4) is 23.0 Å². The van der Waals surface area contributed by atoms with Gasteiger partial charge in [-0.1, -0.05) is 102 Å². The van der Waals surface area contributed by atoms with Crippen LogP contribution in [0.2, 0.25) is 0 Å². The van der Waals surface area contributed by atoms with Crippen molar-refractivity contribution in [2.24, 2.45) is 5.11 Å². The fourth-order valence-electron chi connectivity index (χ4n) is 8.79. The number of nitrogens with zero attached hydrogens (tertiary/aromatic N) is 5. The number of aliphatic hydroxyl groups is 1. The van der Waals surface area contributed by atoms with Crippen molar-refractivity contribution in [1.82, 2.24) is 9.80 Å². The van der Waals surface area contributed by atoms with Crippen LogP contribution in [-0.4, -0.2) is 141 Å². The summed E-state index contributed by atoms with van der Waals surface area (Å²) in [7, 11) is -0.929. The van der Waals surface area contributed by atoms with Gasteiger partial charge in [0.15, 0.2) is 31.2 Å². The van der Waals surface area contributed by atoms with Gasteiger partial charge in [0.1, 0.15) is 34.5 Å². The summed E-state index contributed by atoms with van der Waals surface area (Å²) in [5, 5.41) is 10.6. The topological polar surface area (TPSA) is 301 Å². The van der Waals surface area contributed by atoms with E-state index in [1.165, 1.54) is 74.6 Å². The van der Waals surface area contributed by atoms with Gasteiger partial charge in [-0.25, -0.2) is 16.8 Å². The van der Waals surface area contributed by atoms with E-state index in [0.29, 0.717) is 60.6 Å². The number of rotatable bonds is 31. The molecular weight excluding hydrogens is 1330 g/mol. The molecule has 0 saturated heterocycles. The van der Waals surface area contributed by atoms with E-state index in [1.54, 1.807) is 96.3 Å². The van der Waals surface area contributed by atoms with Gasteiger partial charge in [0.25, 0.3) is 0 Å². The smallest absolute Gasteiger partial charge is 1.00 e. The Morgan fingerprint density at radius 1 is 0.553 bits per heavy atom. The average molecular weight is 1400 g/mol. The van der Waals surface area contributed by atoms with Crippen molar-refractivity contribution in [1.29, 1.82) is 0 Å². The van der Waals surface area contributed by atoms with Crippen molar-refractivity contribution in [3.05, 3.63) is 238 Å². The monoisotopic (exact) mass is 1400 g/mol. The first-order valence-electron chi connectivity index (χ1n) is 27.8. The number of azide groups is 1. The first kappa shape index (κ1) is 81.1. The zero-order chi connectivity index (χ0) is 66.9. The molecule has 3 radical (unpaired) electrons. The molecule has 0 spiro atoms. The maximum Gasteiger partial charge on any atom is 1.00 e. The summed E-state index contributed by atoms with van der Waals surface area (Å²) < 4.78 is 114. The van der Waals surface area contributed by atoms with Crippen molar-refractivity contribution in [2.75, 3.05) is 76.4 Å². The molecule has 0 bridgehead atoms. The van der Waals surface area contributed by atoms with Crippen LogP contribution in [0.15, 0.2) is 219 Å². The van der Waals surface area contributed by atoms with Crippen molar-refractivity contribution >= 4 is 97.4 Å². The molecule has 21 nitrogen and oxygen atoms in total. The summed E-state index contributed by atoms with van der Waals surface area (Å²) in [4.78, 5) is 35.7. The number of benzene rings is 8. The summed E-state index contributed by atoms with van der Waals surface area (Å²) in [5.74, 6) is 0.845. The molecule has 2 N–H and O–H groups in total. The van der Waals surface area contributed by atoms with E-state index in [9.17, 15) is 35.2 Å². The zero-order valence-electron chi connectivity index (χ0n) is 53.5. The predicted molar refractivity (Wildman–Crippen MR) is 365 cm³/mol. The normalized spacial score (nSPS) is 10.9. The molecule has 8 aromatic rings. The standard InChI is InChI=1S/C32H32N4O5S2.C32H34N2O7S3.CH4O.B.Na.O2S.H/c1-40-28-18-26(19-29(20-28)41-2)32(37)23-43(38,39)31-14-10-25(11-15-31)22-36(16-17-42-30-6-4-3-5-7-30)21-24-8-12-27(13-9-24)34-35-33;1-40-28-18-26(19-29(20-28)41-2)32(35)23-44(38,39)31-14-10-25(11-15-31)22-34(16-17-42-30-6-4-3-5-7-30)21-24-8-12-27(13-9-24)33-43(36)37;1-2;;;1-3-2;/h3-15,18-20H,16-17,21-23H2,1-2H3;3-15,18-20,33H,16-17,21-23H2,1-2H3,(H,36,37);2H,1H3;;;;/q;;;;+1;;-1/p-1. The van der Waals surface area contributed by atoms with Gasteiger partial charge < -0.3 is 34.8 Å². The summed E-state index contributed by atoms with van der Waals surface area (Å²) in [6, 6.07) is 57.4. The fourth-order valence-corrected chi connectivity index (χ4v) is 13.4. The van der Waals surface area contributed by atoms with Crippen LogP contribution in [-0.2, 0) is 68.7 Å². The maximum absolute atomic E-state index is 13.1. The minimum absolute atomic E-state index is 0. The third-order valence-corrected chi connectivity index (χ3v) is 18.9. The van der Waals surface area contributed by atoms with Crippen LogP contribution in [0.5, 0.6) is 23.0 Å². The number of aliphatic hydroxyl groups excluding tert-OH is 1. The summed E-state index contributed by atoms with van der Waals surface area (Å²) in [6.45, 7) is 3.96. The van der Waals surface area contributed by atoms with Crippen molar-refractivity contribution < 1.29 is 98.6 Å². The van der Waals surface area contributed by atoms with Gasteiger partial charge in [-0.15, -0.1) is 23.5 Å². The molecule has 491 valence electrons. The van der Waals surface area contributed by atoms with E-state index in [2.05, 4.69) is 48.8 Å². The Hall–Kier alpha value is -7.12. The van der Waals surface area contributed by atoms with E-state index in [0.717, 1.165) is 54.0 Å². The van der Waals surface area contributed by atoms with Crippen LogP contribution >= 0.6 is 23.5 Å². The van der Waals surface area contributed by atoms with Crippen molar-refractivity contribution in [3.63, 3.8) is 0 Å². The van der Waals surface area contributed by atoms with E-state index in [1.807, 2.05) is 60.7 Å². The van der Waals surface area contributed by atoms with Gasteiger partial charge in [0.05, 0.1) is 38.2 Å². The quantitative estimate of drug-likeness (QED) is 0.00788. The molecular formula is C65H70BN6NaO15S6-. The number of sulfone groups is 2. The zero-order valence-corrected chi connectivity index (χ0v) is 59.4. The molecule has 8 rings (SSSR count). The number of methoxy groups -OCH3 is 4. The number of nitrogens with one attached hydrogen (secondary N) is 1. The minimum Gasteiger partial charge on any atom is -1.00 e. The number of ether oxygens (including phenoxy) is 4. The number of carbonyl (C=O) groups excluding carboxylic acids is 2. The molecule has 0 heterocycles. The number of carbonyl (C=O) groups is 2. The Bertz CT molecular complexity index is 3940. The molecule has 0 amide bonds. The molecule has 0 aromatic heterocycles. The molecule has 94 heavy (non-hydrogen) atoms. The average Bonchev–Trinajstić information content (AvgIpc) is 0.847. The number of ketones is 2. The van der Waals surface area contributed by atoms with Gasteiger partial charge >= 0.3 is 41.1 Å². The van der Waals surface area contributed by atoms with Gasteiger partial charge in [-0.2, -0.15) is 8.42 Å². The van der Waals surface area contributed by atoms with Gasteiger partial charge in [0, 0.05) is 127 Å². The molecule has 0 fully saturated rings. The van der Waals surface area contributed by atoms with E-state index < -0.39 is 65.6 Å². The van der Waals surface area contributed by atoms with E-state index in [4.69, 9.17) is 38.0 Å². The molecule has 29 heteroatoms. The maximum atomic E-state index is 13.1. The fraction of sp³-hybridized carbons (Fsp3) is 0.231. The van der Waals surface area contributed by atoms with E-state index in [-0.39, 0.29) is 60.3 Å². The number of hydrogen-bond donors (Lipinski definition) is 2. The minimum atomic E-state index is -3.90. The Morgan fingerprint density at radius 3 is 1.16 bits per heavy atom. The van der Waals surface area contributed by atoms with Crippen LogP contribution in [0.4, 0.5) is 11.4 Å². The van der Waals surface area contributed by atoms with Gasteiger partial charge in [-0.3, -0.25) is 23.6 Å². The predicted octanol–water partition coefficient (Wildman–Crippen LogP) is 8.13. The molecule has 1 atom stereocenters. The Morgan fingerprint density at radius 2 is 0.862 bits per heavy atom.